The van der Waals surface area contributed by atoms with Crippen molar-refractivity contribution in [1.29, 1.82) is 0 Å². The molecule has 10 nitrogen and oxygen atoms in total. The molecule has 0 aliphatic heterocycles. The van der Waals surface area contributed by atoms with Crippen LogP contribution >= 0.6 is 11.3 Å². The van der Waals surface area contributed by atoms with Crippen LogP contribution in [0, 0.1) is 0 Å². The monoisotopic (exact) mass is 490 g/mol. The molecule has 0 spiro atoms. The van der Waals surface area contributed by atoms with Gasteiger partial charge < -0.3 is 14.6 Å². The zero-order valence-corrected chi connectivity index (χ0v) is 19.9. The first kappa shape index (κ1) is 22.4. The number of pyridine rings is 1. The quantitative estimate of drug-likeness (QED) is 0.287. The maximum atomic E-state index is 13.4. The van der Waals surface area contributed by atoms with Gasteiger partial charge in [-0.2, -0.15) is 9.78 Å². The number of aromatic amines is 1. The van der Waals surface area contributed by atoms with Crippen LogP contribution in [0.25, 0.3) is 26.3 Å². The van der Waals surface area contributed by atoms with Crippen LogP contribution < -0.4 is 25.7 Å². The second-order valence-electron chi connectivity index (χ2n) is 7.61. The Morgan fingerprint density at radius 3 is 2.49 bits per heavy atom. The zero-order chi connectivity index (χ0) is 24.7. The summed E-state index contributed by atoms with van der Waals surface area (Å²) < 4.78 is 13.6. The fraction of sp³-hybridized carbons (Fsp3) is 0.167. The highest BCUT2D eigenvalue weighted by molar-refractivity contribution is 7.20. The summed E-state index contributed by atoms with van der Waals surface area (Å²) in [5, 5.41) is 20.7. The number of fused-ring (bicyclic) bond motifs is 2. The van der Waals surface area contributed by atoms with E-state index in [0.29, 0.717) is 27.8 Å². The minimum absolute atomic E-state index is 0.177. The summed E-state index contributed by atoms with van der Waals surface area (Å²) in [7, 11) is 2.94. The van der Waals surface area contributed by atoms with Crippen molar-refractivity contribution < 1.29 is 14.6 Å². The first-order valence-corrected chi connectivity index (χ1v) is 11.5. The highest BCUT2D eigenvalue weighted by Gasteiger charge is 2.18. The van der Waals surface area contributed by atoms with E-state index in [1.165, 1.54) is 48.4 Å². The number of ether oxygens (including phenoxy) is 2. The number of hydrogen-bond acceptors (Lipinski definition) is 8. The minimum Gasteiger partial charge on any atom is -0.857 e. The number of thiazole rings is 1. The number of rotatable bonds is 6. The summed E-state index contributed by atoms with van der Waals surface area (Å²) >= 11 is 1.35. The van der Waals surface area contributed by atoms with E-state index < -0.39 is 11.5 Å². The number of hydrogen-bond donors (Lipinski definition) is 1. The number of benzene rings is 2. The van der Waals surface area contributed by atoms with Gasteiger partial charge in [-0.1, -0.05) is 30.4 Å². The third-order valence-electron chi connectivity index (χ3n) is 5.54. The van der Waals surface area contributed by atoms with E-state index in [0.717, 1.165) is 14.9 Å². The second kappa shape index (κ2) is 8.76. The van der Waals surface area contributed by atoms with Crippen molar-refractivity contribution in [3.63, 3.8) is 0 Å². The molecule has 11 heteroatoms. The fourth-order valence-electron chi connectivity index (χ4n) is 3.87. The Morgan fingerprint density at radius 2 is 1.83 bits per heavy atom. The van der Waals surface area contributed by atoms with Gasteiger partial charge in [0.1, 0.15) is 11.5 Å². The molecular formula is C24H20N5O5S-. The molecule has 0 unspecified atom stereocenters. The van der Waals surface area contributed by atoms with E-state index in [1.807, 2.05) is 24.3 Å². The third-order valence-corrected chi connectivity index (χ3v) is 6.56. The van der Waals surface area contributed by atoms with Crippen molar-refractivity contribution >= 4 is 38.4 Å². The summed E-state index contributed by atoms with van der Waals surface area (Å²) in [6.45, 7) is 1.79. The predicted octanol–water partition coefficient (Wildman–Crippen LogP) is 2.24. The molecule has 0 atom stereocenters. The van der Waals surface area contributed by atoms with E-state index in [2.05, 4.69) is 15.2 Å². The van der Waals surface area contributed by atoms with Crippen LogP contribution in [0.5, 0.6) is 11.5 Å². The van der Waals surface area contributed by atoms with E-state index in [4.69, 9.17) is 9.47 Å². The molecule has 178 valence electrons. The Morgan fingerprint density at radius 1 is 1.11 bits per heavy atom. The number of H-pyrrole nitrogens is 1. The van der Waals surface area contributed by atoms with E-state index in [1.54, 1.807) is 13.0 Å². The van der Waals surface area contributed by atoms with Crippen LogP contribution in [0.3, 0.4) is 0 Å². The number of aryl methyl sites for hydroxylation is 1. The topological polar surface area (TPSA) is 127 Å². The maximum Gasteiger partial charge on any atom is 0.283 e. The lowest BCUT2D eigenvalue weighted by atomic mass is 10.2. The second-order valence-corrected chi connectivity index (χ2v) is 8.62. The fourth-order valence-corrected chi connectivity index (χ4v) is 4.79. The van der Waals surface area contributed by atoms with Crippen molar-refractivity contribution in [2.24, 2.45) is 5.10 Å². The molecule has 0 saturated carbocycles. The molecule has 35 heavy (non-hydrogen) atoms. The first-order chi connectivity index (χ1) is 16.9. The van der Waals surface area contributed by atoms with Crippen LogP contribution in [0.2, 0.25) is 0 Å². The van der Waals surface area contributed by atoms with Gasteiger partial charge >= 0.3 is 0 Å². The maximum absolute atomic E-state index is 13.4. The molecule has 1 N–H and O–H groups in total. The Hall–Kier alpha value is -4.38. The molecule has 3 aromatic heterocycles. The molecule has 2 aromatic carbocycles. The summed E-state index contributed by atoms with van der Waals surface area (Å²) in [6, 6.07) is 13.4. The Balaban J connectivity index is 1.69. The number of nitrogens with zero attached hydrogens (tertiary/aromatic N) is 4. The van der Waals surface area contributed by atoms with Crippen LogP contribution in [-0.2, 0) is 6.42 Å². The number of para-hydroxylation sites is 1. The molecule has 0 aliphatic carbocycles. The summed E-state index contributed by atoms with van der Waals surface area (Å²) in [5.41, 5.74) is 0.680. The molecule has 0 fully saturated rings. The zero-order valence-electron chi connectivity index (χ0n) is 19.1. The van der Waals surface area contributed by atoms with Crippen molar-refractivity contribution in [3.8, 4) is 16.6 Å². The minimum atomic E-state index is -0.680. The number of nitrogens with one attached hydrogen (secondary N) is 1. The number of aromatic nitrogens is 4. The van der Waals surface area contributed by atoms with Gasteiger partial charge in [0.05, 0.1) is 41.0 Å². The molecule has 0 radical (unpaired) electrons. The third kappa shape index (κ3) is 3.85. The lowest BCUT2D eigenvalue weighted by Crippen LogP contribution is -2.27. The Labute approximate surface area is 202 Å². The average molecular weight is 491 g/mol. The molecule has 5 aromatic rings. The van der Waals surface area contributed by atoms with Gasteiger partial charge in [0, 0.05) is 18.0 Å². The predicted molar refractivity (Wildman–Crippen MR) is 132 cm³/mol. The summed E-state index contributed by atoms with van der Waals surface area (Å²) in [6.07, 6.45) is 0.289. The summed E-state index contributed by atoms with van der Waals surface area (Å²) in [5.74, 6) is 0.136. The van der Waals surface area contributed by atoms with Crippen molar-refractivity contribution in [3.05, 3.63) is 80.5 Å². The van der Waals surface area contributed by atoms with E-state index >= 15 is 0 Å². The normalized spacial score (nSPS) is 11.9. The SMILES string of the molecule is CCc1c2c(=O)n(-c3nc4ccccc4s3)[nH]c2cc(=O)n1/N=C(\[O-])c1cc(OC)cc(OC)c1. The first-order valence-electron chi connectivity index (χ1n) is 10.7. The van der Waals surface area contributed by atoms with Gasteiger partial charge in [0.25, 0.3) is 11.1 Å². The van der Waals surface area contributed by atoms with E-state index in [-0.39, 0.29) is 22.9 Å². The van der Waals surface area contributed by atoms with Crippen molar-refractivity contribution in [2.45, 2.75) is 13.3 Å². The molecule has 0 aliphatic rings. The van der Waals surface area contributed by atoms with Gasteiger partial charge in [-0.25, -0.2) is 9.66 Å². The lowest BCUT2D eigenvalue weighted by molar-refractivity contribution is -0.213. The lowest BCUT2D eigenvalue weighted by Gasteiger charge is -2.15. The van der Waals surface area contributed by atoms with Gasteiger partial charge in [-0.05, 0) is 36.2 Å². The van der Waals surface area contributed by atoms with Crippen LogP contribution in [0.4, 0.5) is 0 Å². The van der Waals surface area contributed by atoms with Crippen molar-refractivity contribution in [2.75, 3.05) is 14.2 Å². The smallest absolute Gasteiger partial charge is 0.283 e. The highest BCUT2D eigenvalue weighted by atomic mass is 32.1. The summed E-state index contributed by atoms with van der Waals surface area (Å²) in [4.78, 5) is 30.9. The van der Waals surface area contributed by atoms with Crippen LogP contribution in [0.15, 0.2) is 63.2 Å². The largest absolute Gasteiger partial charge is 0.857 e. The molecule has 5 rings (SSSR count). The van der Waals surface area contributed by atoms with Gasteiger partial charge in [-0.3, -0.25) is 14.7 Å². The highest BCUT2D eigenvalue weighted by Crippen LogP contribution is 2.25. The molecule has 0 amide bonds. The van der Waals surface area contributed by atoms with Gasteiger partial charge in [-0.15, -0.1) is 0 Å². The molecular weight excluding hydrogens is 470 g/mol. The standard InChI is InChI=1S/C24H21N5O5S/c1-4-18-21-17(26-29(23(21)32)24-25-16-7-5-6-8-19(16)35-24)12-20(30)28(18)27-22(31)13-9-14(33-2)11-15(10-13)34-3/h5-12,26H,4H2,1-3H3,(H,27,31)/p-1. The Bertz CT molecular complexity index is 1670. The van der Waals surface area contributed by atoms with Crippen LogP contribution in [0.1, 0.15) is 18.2 Å². The van der Waals surface area contributed by atoms with E-state index in [9.17, 15) is 14.7 Å². The molecule has 0 saturated heterocycles. The van der Waals surface area contributed by atoms with Crippen molar-refractivity contribution in [1.82, 2.24) is 19.4 Å². The van der Waals surface area contributed by atoms with Gasteiger partial charge in [0.15, 0.2) is 0 Å². The average Bonchev–Trinajstić information content (AvgIpc) is 3.44. The van der Waals surface area contributed by atoms with Crippen LogP contribution in [-0.4, -0.2) is 39.6 Å². The number of methoxy groups -OCH3 is 2. The molecule has 3 heterocycles. The Kier molecular flexibility index (Phi) is 5.61. The molecule has 0 bridgehead atoms. The van der Waals surface area contributed by atoms with Gasteiger partial charge in [0.2, 0.25) is 5.13 Å².